The van der Waals surface area contributed by atoms with Crippen molar-refractivity contribution in [3.05, 3.63) is 23.5 Å². The Kier molecular flexibility index (Phi) is 3.90. The van der Waals surface area contributed by atoms with E-state index in [1.54, 1.807) is 19.9 Å². The molecular formula is C19H27FN2O3. The summed E-state index contributed by atoms with van der Waals surface area (Å²) in [6.07, 6.45) is 5.46. The van der Waals surface area contributed by atoms with E-state index in [1.165, 1.54) is 25.3 Å². The number of piperidine rings is 2. The van der Waals surface area contributed by atoms with Crippen LogP contribution in [0.3, 0.4) is 0 Å². The van der Waals surface area contributed by atoms with Gasteiger partial charge < -0.3 is 19.7 Å². The van der Waals surface area contributed by atoms with Gasteiger partial charge in [-0.3, -0.25) is 4.79 Å². The first-order valence-corrected chi connectivity index (χ1v) is 9.07. The molecule has 1 aromatic carbocycles. The molecule has 2 saturated heterocycles. The first-order valence-electron chi connectivity index (χ1n) is 9.07. The molecule has 0 aliphatic carbocycles. The third kappa shape index (κ3) is 2.97. The zero-order chi connectivity index (χ0) is 17.8. The van der Waals surface area contributed by atoms with Crippen molar-refractivity contribution in [1.82, 2.24) is 10.2 Å². The van der Waals surface area contributed by atoms with Crippen LogP contribution in [-0.4, -0.2) is 41.8 Å². The highest BCUT2D eigenvalue weighted by molar-refractivity contribution is 5.95. The fourth-order valence-electron chi connectivity index (χ4n) is 4.42. The van der Waals surface area contributed by atoms with Crippen LogP contribution in [0, 0.1) is 5.82 Å². The minimum atomic E-state index is -0.913. The molecule has 1 unspecified atom stereocenters. The van der Waals surface area contributed by atoms with E-state index in [4.69, 9.17) is 9.47 Å². The van der Waals surface area contributed by atoms with Crippen molar-refractivity contribution < 1.29 is 20.1 Å². The van der Waals surface area contributed by atoms with Gasteiger partial charge in [0.1, 0.15) is 0 Å². The number of ether oxygens (including phenoxy) is 2. The molecule has 0 spiro atoms. The predicted molar refractivity (Wildman–Crippen MR) is 93.5 cm³/mol. The molecule has 2 bridgehead atoms. The van der Waals surface area contributed by atoms with Crippen LogP contribution in [0.4, 0.5) is 4.39 Å². The summed E-state index contributed by atoms with van der Waals surface area (Å²) >= 11 is 0. The molecule has 5 nitrogen and oxygen atoms in total. The van der Waals surface area contributed by atoms with Gasteiger partial charge in [0.2, 0.25) is 11.5 Å². The predicted octanol–water partition coefficient (Wildman–Crippen LogP) is 3.32. The highest BCUT2D eigenvalue weighted by Gasteiger charge is 2.38. The average molecular weight is 350 g/mol. The van der Waals surface area contributed by atoms with Crippen LogP contribution >= 0.6 is 0 Å². The van der Waals surface area contributed by atoms with Crippen LogP contribution in [0.25, 0.3) is 0 Å². The topological polar surface area (TPSA) is 50.8 Å². The second-order valence-electron chi connectivity index (χ2n) is 7.90. The van der Waals surface area contributed by atoms with Gasteiger partial charge in [-0.1, -0.05) is 6.42 Å². The van der Waals surface area contributed by atoms with Crippen LogP contribution in [0.15, 0.2) is 12.1 Å². The molecule has 2 fully saturated rings. The smallest absolute Gasteiger partial charge is 0.254 e. The Labute approximate surface area is 149 Å². The maximum Gasteiger partial charge on any atom is 0.254 e. The molecule has 3 aliphatic rings. The number of nitrogens with one attached hydrogen (secondary N) is 1. The summed E-state index contributed by atoms with van der Waals surface area (Å²) in [6, 6.07) is 4.20. The summed E-state index contributed by atoms with van der Waals surface area (Å²) in [7, 11) is 2.17. The number of nitrogens with zero attached hydrogens (tertiary/aromatic N) is 1. The number of rotatable bonds is 2. The van der Waals surface area contributed by atoms with E-state index in [-0.39, 0.29) is 24.7 Å². The van der Waals surface area contributed by atoms with E-state index in [1.807, 2.05) is 0 Å². The summed E-state index contributed by atoms with van der Waals surface area (Å²) in [6.45, 7) is 3.42. The molecule has 1 N–H and O–H groups in total. The molecule has 0 aromatic heterocycles. The maximum atomic E-state index is 14.7. The maximum absolute atomic E-state index is 14.7. The van der Waals surface area contributed by atoms with Crippen LogP contribution in [0.1, 0.15) is 57.7 Å². The summed E-state index contributed by atoms with van der Waals surface area (Å²) in [5, 5.41) is 3.04. The Morgan fingerprint density at radius 1 is 1.28 bits per heavy atom. The van der Waals surface area contributed by atoms with Crippen molar-refractivity contribution in [2.45, 2.75) is 69.9 Å². The van der Waals surface area contributed by atoms with Crippen LogP contribution < -0.4 is 14.8 Å². The van der Waals surface area contributed by atoms with Gasteiger partial charge >= 0.3 is 0 Å². The van der Waals surface area contributed by atoms with Gasteiger partial charge in [-0.15, -0.1) is 0 Å². The van der Waals surface area contributed by atoms with Gasteiger partial charge in [0.25, 0.3) is 5.91 Å². The Balaban J connectivity index is 0.00000196. The standard InChI is InChI=1S/C19H25FN2O3.H2/c1-19(2)24-15-8-7-14(16(20)17(15)25-19)18(23)21-11-9-12-5-4-6-13(10-11)22(12)3;/h7-8,11-13H,4-6,9-10H2,1-3H3,(H,21,23);1H/t11?,12-,13+;. The number of benzene rings is 1. The van der Waals surface area contributed by atoms with Crippen molar-refractivity contribution in [1.29, 1.82) is 0 Å². The zero-order valence-electron chi connectivity index (χ0n) is 15.0. The van der Waals surface area contributed by atoms with Crippen molar-refractivity contribution in [2.24, 2.45) is 0 Å². The minimum Gasteiger partial charge on any atom is -0.449 e. The minimum absolute atomic E-state index is 0. The number of amides is 1. The molecule has 1 amide bonds. The van der Waals surface area contributed by atoms with Crippen molar-refractivity contribution in [3.63, 3.8) is 0 Å². The molecule has 138 valence electrons. The number of fused-ring (bicyclic) bond motifs is 3. The Bertz CT molecular complexity index is 698. The number of carbonyl (C=O) groups excluding carboxylic acids is 1. The summed E-state index contributed by atoms with van der Waals surface area (Å²) in [5.41, 5.74) is 0.0177. The molecule has 0 saturated carbocycles. The highest BCUT2D eigenvalue weighted by atomic mass is 19.1. The molecule has 3 atom stereocenters. The fraction of sp³-hybridized carbons (Fsp3) is 0.632. The first-order chi connectivity index (χ1) is 11.8. The van der Waals surface area contributed by atoms with Crippen molar-refractivity contribution in [3.8, 4) is 11.5 Å². The lowest BCUT2D eigenvalue weighted by Gasteiger charge is -2.47. The number of halogens is 1. The van der Waals surface area contributed by atoms with Gasteiger partial charge in [0.15, 0.2) is 11.6 Å². The van der Waals surface area contributed by atoms with Gasteiger partial charge in [-0.25, -0.2) is 4.39 Å². The van der Waals surface area contributed by atoms with E-state index in [9.17, 15) is 9.18 Å². The highest BCUT2D eigenvalue weighted by Crippen LogP contribution is 2.42. The van der Waals surface area contributed by atoms with E-state index in [0.717, 1.165) is 12.8 Å². The Morgan fingerprint density at radius 2 is 1.96 bits per heavy atom. The lowest BCUT2D eigenvalue weighted by Crippen LogP contribution is -2.55. The second-order valence-corrected chi connectivity index (χ2v) is 7.90. The van der Waals surface area contributed by atoms with Gasteiger partial charge in [-0.2, -0.15) is 0 Å². The molecule has 0 radical (unpaired) electrons. The van der Waals surface area contributed by atoms with Gasteiger partial charge in [0.05, 0.1) is 5.56 Å². The molecule has 6 heteroatoms. The lowest BCUT2D eigenvalue weighted by atomic mass is 9.82. The Hall–Kier alpha value is -1.82. The molecule has 3 heterocycles. The lowest BCUT2D eigenvalue weighted by molar-refractivity contribution is -0.0445. The summed E-state index contributed by atoms with van der Waals surface area (Å²) in [4.78, 5) is 15.1. The van der Waals surface area contributed by atoms with Crippen molar-refractivity contribution >= 4 is 5.91 Å². The quantitative estimate of drug-likeness (QED) is 0.889. The second kappa shape index (κ2) is 5.87. The van der Waals surface area contributed by atoms with Crippen LogP contribution in [0.2, 0.25) is 0 Å². The van der Waals surface area contributed by atoms with Gasteiger partial charge in [0, 0.05) is 33.4 Å². The van der Waals surface area contributed by atoms with Crippen LogP contribution in [0.5, 0.6) is 11.5 Å². The number of carbonyl (C=O) groups is 1. The van der Waals surface area contributed by atoms with E-state index in [2.05, 4.69) is 17.3 Å². The SMILES string of the molecule is CN1[C@@H]2CCC[C@H]1CC(NC(=O)c1ccc3c(c1F)OC(C)(C)O3)C2.[HH]. The van der Waals surface area contributed by atoms with Crippen molar-refractivity contribution in [2.75, 3.05) is 7.05 Å². The normalized spacial score (nSPS) is 30.2. The monoisotopic (exact) mass is 350 g/mol. The molecule has 1 aromatic rings. The fourth-order valence-corrected chi connectivity index (χ4v) is 4.42. The Morgan fingerprint density at radius 3 is 2.64 bits per heavy atom. The molecule has 4 rings (SSSR count). The summed E-state index contributed by atoms with van der Waals surface area (Å²) < 4.78 is 25.8. The average Bonchev–Trinajstić information content (AvgIpc) is 2.84. The van der Waals surface area contributed by atoms with Gasteiger partial charge in [-0.05, 0) is 44.9 Å². The van der Waals surface area contributed by atoms with E-state index < -0.39 is 11.6 Å². The third-order valence-electron chi connectivity index (χ3n) is 5.68. The van der Waals surface area contributed by atoms with Crippen LogP contribution in [-0.2, 0) is 0 Å². The molecule has 25 heavy (non-hydrogen) atoms. The third-order valence-corrected chi connectivity index (χ3v) is 5.68. The molecular weight excluding hydrogens is 323 g/mol. The van der Waals surface area contributed by atoms with E-state index in [0.29, 0.717) is 17.8 Å². The first kappa shape index (κ1) is 16.6. The molecule has 3 aliphatic heterocycles. The number of hydrogen-bond donors (Lipinski definition) is 1. The number of hydrogen-bond acceptors (Lipinski definition) is 4. The summed E-state index contributed by atoms with van der Waals surface area (Å²) in [5.74, 6) is -1.57. The zero-order valence-corrected chi connectivity index (χ0v) is 15.0. The van der Waals surface area contributed by atoms with E-state index >= 15 is 0 Å². The largest absolute Gasteiger partial charge is 0.449 e.